The lowest BCUT2D eigenvalue weighted by Crippen LogP contribution is -2.02. The molecule has 0 saturated heterocycles. The molecule has 0 atom stereocenters. The van der Waals surface area contributed by atoms with Crippen molar-refractivity contribution in [1.29, 1.82) is 0 Å². The number of rotatable bonds is 6. The van der Waals surface area contributed by atoms with Crippen LogP contribution in [-0.2, 0) is 13.2 Å². The lowest BCUT2D eigenvalue weighted by molar-refractivity contribution is 0.300. The monoisotopic (exact) mass is 389 g/mol. The lowest BCUT2D eigenvalue weighted by Gasteiger charge is -2.13. The lowest BCUT2D eigenvalue weighted by atomic mass is 10.2. The predicted octanol–water partition coefficient (Wildman–Crippen LogP) is 6.63. The van der Waals surface area contributed by atoms with Gasteiger partial charge >= 0.3 is 0 Å². The van der Waals surface area contributed by atoms with Crippen LogP contribution in [0.5, 0.6) is 5.75 Å². The van der Waals surface area contributed by atoms with E-state index in [1.54, 1.807) is 30.3 Å². The molecule has 134 valence electrons. The smallest absolute Gasteiger partial charge is 0.156 e. The Labute approximate surface area is 162 Å². The maximum Gasteiger partial charge on any atom is 0.156 e. The van der Waals surface area contributed by atoms with Crippen LogP contribution in [0.25, 0.3) is 0 Å². The van der Waals surface area contributed by atoms with Crippen molar-refractivity contribution in [2.24, 2.45) is 0 Å². The summed E-state index contributed by atoms with van der Waals surface area (Å²) in [6, 6.07) is 18.2. The largest absolute Gasteiger partial charge is 0.486 e. The maximum absolute atomic E-state index is 13.7. The van der Waals surface area contributed by atoms with Gasteiger partial charge in [-0.2, -0.15) is 0 Å². The van der Waals surface area contributed by atoms with Crippen LogP contribution in [0, 0.1) is 12.7 Å². The minimum atomic E-state index is -0.321. The molecule has 3 rings (SSSR count). The Bertz CT molecular complexity index is 874. The summed E-state index contributed by atoms with van der Waals surface area (Å²) < 4.78 is 19.3. The van der Waals surface area contributed by atoms with E-state index in [0.717, 1.165) is 11.3 Å². The zero-order chi connectivity index (χ0) is 18.5. The van der Waals surface area contributed by atoms with Crippen LogP contribution in [0.15, 0.2) is 60.7 Å². The molecule has 0 aliphatic carbocycles. The molecule has 0 saturated carbocycles. The molecule has 0 heterocycles. The van der Waals surface area contributed by atoms with Crippen molar-refractivity contribution in [1.82, 2.24) is 0 Å². The summed E-state index contributed by atoms with van der Waals surface area (Å²) >= 11 is 12.6. The molecule has 0 bridgehead atoms. The van der Waals surface area contributed by atoms with Gasteiger partial charge in [-0.05, 0) is 42.8 Å². The van der Waals surface area contributed by atoms with E-state index < -0.39 is 0 Å². The van der Waals surface area contributed by atoms with Crippen LogP contribution < -0.4 is 10.1 Å². The van der Waals surface area contributed by atoms with Gasteiger partial charge in [0.15, 0.2) is 5.75 Å². The summed E-state index contributed by atoms with van der Waals surface area (Å²) in [4.78, 5) is 0. The van der Waals surface area contributed by atoms with Crippen LogP contribution in [-0.4, -0.2) is 0 Å². The van der Waals surface area contributed by atoms with E-state index >= 15 is 0 Å². The molecular formula is C21H18Cl2FNO. The third kappa shape index (κ3) is 4.69. The van der Waals surface area contributed by atoms with Crippen molar-refractivity contribution in [2.75, 3.05) is 5.32 Å². The van der Waals surface area contributed by atoms with Gasteiger partial charge in [0.25, 0.3) is 0 Å². The molecule has 0 amide bonds. The van der Waals surface area contributed by atoms with Gasteiger partial charge in [0.1, 0.15) is 12.4 Å². The third-order valence-electron chi connectivity index (χ3n) is 3.94. The van der Waals surface area contributed by atoms with Gasteiger partial charge in [-0.3, -0.25) is 0 Å². The average molecular weight is 390 g/mol. The molecule has 3 aromatic rings. The van der Waals surface area contributed by atoms with Crippen LogP contribution in [0.2, 0.25) is 10.0 Å². The van der Waals surface area contributed by atoms with E-state index in [4.69, 9.17) is 27.9 Å². The fraction of sp³-hybridized carbons (Fsp3) is 0.143. The maximum atomic E-state index is 13.7. The highest BCUT2D eigenvalue weighted by Gasteiger charge is 2.11. The number of ether oxygens (including phenoxy) is 1. The summed E-state index contributed by atoms with van der Waals surface area (Å²) in [5.74, 6) is 0.0364. The number of benzene rings is 3. The third-order valence-corrected chi connectivity index (χ3v) is 4.50. The van der Waals surface area contributed by atoms with Crippen molar-refractivity contribution < 1.29 is 9.13 Å². The Hall–Kier alpha value is -2.23. The molecule has 0 spiro atoms. The van der Waals surface area contributed by atoms with Crippen molar-refractivity contribution in [3.05, 3.63) is 93.2 Å². The van der Waals surface area contributed by atoms with Crippen LogP contribution >= 0.6 is 23.2 Å². The minimum absolute atomic E-state index is 0.0626. The Morgan fingerprint density at radius 3 is 2.27 bits per heavy atom. The quantitative estimate of drug-likeness (QED) is 0.510. The van der Waals surface area contributed by atoms with Gasteiger partial charge in [0, 0.05) is 17.8 Å². The van der Waals surface area contributed by atoms with Gasteiger partial charge in [0.2, 0.25) is 0 Å². The molecule has 2 nitrogen and oxygen atoms in total. The molecule has 0 unspecified atom stereocenters. The van der Waals surface area contributed by atoms with Gasteiger partial charge in [-0.1, -0.05) is 59.1 Å². The van der Waals surface area contributed by atoms with Crippen LogP contribution in [0.1, 0.15) is 16.7 Å². The molecule has 1 N–H and O–H groups in total. The molecular weight excluding hydrogens is 372 g/mol. The first-order valence-electron chi connectivity index (χ1n) is 8.17. The van der Waals surface area contributed by atoms with Crippen LogP contribution in [0.3, 0.4) is 0 Å². The Morgan fingerprint density at radius 1 is 0.962 bits per heavy atom. The Kier molecular flexibility index (Phi) is 6.02. The van der Waals surface area contributed by atoms with E-state index in [1.807, 2.05) is 31.2 Å². The molecule has 26 heavy (non-hydrogen) atoms. The van der Waals surface area contributed by atoms with Crippen molar-refractivity contribution in [2.45, 2.75) is 20.1 Å². The number of halogens is 3. The van der Waals surface area contributed by atoms with Gasteiger partial charge in [0.05, 0.1) is 10.0 Å². The minimum Gasteiger partial charge on any atom is -0.486 e. The van der Waals surface area contributed by atoms with Crippen molar-refractivity contribution >= 4 is 28.9 Å². The number of aryl methyl sites for hydroxylation is 1. The molecule has 5 heteroatoms. The summed E-state index contributed by atoms with van der Waals surface area (Å²) in [6.45, 7) is 2.69. The second-order valence-electron chi connectivity index (χ2n) is 5.99. The molecule has 0 aliphatic heterocycles. The fourth-order valence-corrected chi connectivity index (χ4v) is 3.13. The first-order chi connectivity index (χ1) is 12.5. The molecule has 0 aromatic heterocycles. The number of hydrogen-bond acceptors (Lipinski definition) is 2. The van der Waals surface area contributed by atoms with E-state index in [-0.39, 0.29) is 12.4 Å². The average Bonchev–Trinajstić information content (AvgIpc) is 2.62. The predicted molar refractivity (Wildman–Crippen MR) is 106 cm³/mol. The molecule has 3 aromatic carbocycles. The van der Waals surface area contributed by atoms with Crippen molar-refractivity contribution in [3.63, 3.8) is 0 Å². The first kappa shape index (κ1) is 18.6. The molecule has 0 fully saturated rings. The van der Waals surface area contributed by atoms with Crippen molar-refractivity contribution in [3.8, 4) is 5.75 Å². The van der Waals surface area contributed by atoms with Gasteiger partial charge in [-0.15, -0.1) is 0 Å². The first-order valence-corrected chi connectivity index (χ1v) is 8.93. The second-order valence-corrected chi connectivity index (χ2v) is 6.80. The number of nitrogens with one attached hydrogen (secondary N) is 1. The fourth-order valence-electron chi connectivity index (χ4n) is 2.49. The summed E-state index contributed by atoms with van der Waals surface area (Å²) in [5.41, 5.74) is 3.60. The Morgan fingerprint density at radius 2 is 1.62 bits per heavy atom. The standard InChI is InChI=1S/C21H18Cl2FNO/c1-14-6-8-17(9-7-14)25-12-15-10-18(22)21(19(23)11-15)26-13-16-4-2-3-5-20(16)24/h2-11,25H,12-13H2,1H3. The van der Waals surface area contributed by atoms with Crippen LogP contribution in [0.4, 0.5) is 10.1 Å². The highest BCUT2D eigenvalue weighted by Crippen LogP contribution is 2.35. The van der Waals surface area contributed by atoms with E-state index in [2.05, 4.69) is 5.32 Å². The highest BCUT2D eigenvalue weighted by molar-refractivity contribution is 6.37. The number of anilines is 1. The highest BCUT2D eigenvalue weighted by atomic mass is 35.5. The van der Waals surface area contributed by atoms with E-state index in [0.29, 0.717) is 27.9 Å². The topological polar surface area (TPSA) is 21.3 Å². The van der Waals surface area contributed by atoms with E-state index in [1.165, 1.54) is 11.6 Å². The molecule has 0 aliphatic rings. The Balaban J connectivity index is 1.67. The summed E-state index contributed by atoms with van der Waals surface area (Å²) in [7, 11) is 0. The number of hydrogen-bond donors (Lipinski definition) is 1. The van der Waals surface area contributed by atoms with E-state index in [9.17, 15) is 4.39 Å². The zero-order valence-electron chi connectivity index (χ0n) is 14.2. The molecule has 0 radical (unpaired) electrons. The second kappa shape index (κ2) is 8.43. The van der Waals surface area contributed by atoms with Gasteiger partial charge in [-0.25, -0.2) is 4.39 Å². The zero-order valence-corrected chi connectivity index (χ0v) is 15.7. The SMILES string of the molecule is Cc1ccc(NCc2cc(Cl)c(OCc3ccccc3F)c(Cl)c2)cc1. The normalized spacial score (nSPS) is 10.6. The van der Waals surface area contributed by atoms with Gasteiger partial charge < -0.3 is 10.1 Å². The summed E-state index contributed by atoms with van der Waals surface area (Å²) in [5, 5.41) is 4.12. The summed E-state index contributed by atoms with van der Waals surface area (Å²) in [6.07, 6.45) is 0.